The molecule has 1 aromatic heterocycles. The van der Waals surface area contributed by atoms with E-state index in [4.69, 9.17) is 4.42 Å². The van der Waals surface area contributed by atoms with Crippen LogP contribution in [-0.4, -0.2) is 26.9 Å². The van der Waals surface area contributed by atoms with Gasteiger partial charge in [-0.05, 0) is 74.7 Å². The highest BCUT2D eigenvalue weighted by Crippen LogP contribution is 2.55. The van der Waals surface area contributed by atoms with E-state index in [0.29, 0.717) is 23.5 Å². The molecule has 4 aliphatic rings. The van der Waals surface area contributed by atoms with Gasteiger partial charge in [-0.1, -0.05) is 49.0 Å². The maximum Gasteiger partial charge on any atom is 0.277 e. The van der Waals surface area contributed by atoms with Crippen molar-refractivity contribution >= 4 is 17.7 Å². The van der Waals surface area contributed by atoms with Crippen LogP contribution in [0.15, 0.2) is 40.0 Å². The summed E-state index contributed by atoms with van der Waals surface area (Å²) in [5.41, 5.74) is 1.31. The SMILES string of the molecule is CC(Sc1nnc(CC(C)c2ccccc2)o1)C(=O)NC12CC3CC(CC(C3)C1)C2. The molecule has 6 rings (SSSR count). The van der Waals surface area contributed by atoms with Crippen molar-refractivity contribution in [3.8, 4) is 0 Å². The van der Waals surface area contributed by atoms with Gasteiger partial charge in [0.25, 0.3) is 5.22 Å². The molecule has 0 aliphatic heterocycles. The van der Waals surface area contributed by atoms with E-state index in [-0.39, 0.29) is 16.7 Å². The summed E-state index contributed by atoms with van der Waals surface area (Å²) >= 11 is 1.37. The lowest BCUT2D eigenvalue weighted by atomic mass is 9.53. The highest BCUT2D eigenvalue weighted by Gasteiger charge is 2.51. The van der Waals surface area contributed by atoms with Crippen LogP contribution in [-0.2, 0) is 11.2 Å². The van der Waals surface area contributed by atoms with Crippen LogP contribution in [0.4, 0.5) is 0 Å². The van der Waals surface area contributed by atoms with Crippen LogP contribution in [0.3, 0.4) is 0 Å². The molecule has 30 heavy (non-hydrogen) atoms. The average molecular weight is 426 g/mol. The zero-order valence-corrected chi connectivity index (χ0v) is 18.7. The molecule has 0 radical (unpaired) electrons. The minimum absolute atomic E-state index is 0.0474. The van der Waals surface area contributed by atoms with Crippen molar-refractivity contribution in [2.75, 3.05) is 0 Å². The van der Waals surface area contributed by atoms with Gasteiger partial charge in [0, 0.05) is 12.0 Å². The van der Waals surface area contributed by atoms with Gasteiger partial charge in [0.05, 0.1) is 5.25 Å². The molecule has 0 saturated heterocycles. The zero-order valence-electron chi connectivity index (χ0n) is 17.8. The fraction of sp³-hybridized carbons (Fsp3) is 0.625. The third-order valence-electron chi connectivity index (χ3n) is 7.37. The number of nitrogens with zero attached hydrogens (tertiary/aromatic N) is 2. The molecule has 4 bridgehead atoms. The topological polar surface area (TPSA) is 68.0 Å². The molecule has 0 spiro atoms. The van der Waals surface area contributed by atoms with E-state index in [1.54, 1.807) is 0 Å². The second-order valence-corrected chi connectivity index (χ2v) is 11.2. The highest BCUT2D eigenvalue weighted by atomic mass is 32.2. The van der Waals surface area contributed by atoms with Crippen LogP contribution in [0, 0.1) is 17.8 Å². The fourth-order valence-corrected chi connectivity index (χ4v) is 7.06. The van der Waals surface area contributed by atoms with Gasteiger partial charge < -0.3 is 9.73 Å². The van der Waals surface area contributed by atoms with Crippen molar-refractivity contribution in [1.29, 1.82) is 0 Å². The van der Waals surface area contributed by atoms with Crippen molar-refractivity contribution in [3.05, 3.63) is 41.8 Å². The molecule has 160 valence electrons. The second-order valence-electron chi connectivity index (χ2n) is 9.92. The van der Waals surface area contributed by atoms with Crippen molar-refractivity contribution in [2.45, 2.75) is 80.7 Å². The number of carbonyl (C=O) groups is 1. The average Bonchev–Trinajstić information content (AvgIpc) is 3.14. The molecule has 1 aromatic carbocycles. The molecular formula is C24H31N3O2S. The van der Waals surface area contributed by atoms with Crippen molar-refractivity contribution < 1.29 is 9.21 Å². The summed E-state index contributed by atoms with van der Waals surface area (Å²) in [6.45, 7) is 4.10. The van der Waals surface area contributed by atoms with Crippen LogP contribution in [0.25, 0.3) is 0 Å². The van der Waals surface area contributed by atoms with Crippen LogP contribution in [0.1, 0.15) is 69.7 Å². The van der Waals surface area contributed by atoms with Crippen LogP contribution >= 0.6 is 11.8 Å². The number of rotatable bonds is 7. The Morgan fingerprint density at radius 2 is 1.73 bits per heavy atom. The minimum atomic E-state index is -0.238. The molecule has 1 heterocycles. The molecule has 1 N–H and O–H groups in total. The molecule has 2 aromatic rings. The summed E-state index contributed by atoms with van der Waals surface area (Å²) in [5, 5.41) is 12.1. The Balaban J connectivity index is 1.17. The van der Waals surface area contributed by atoms with Gasteiger partial charge in [0.2, 0.25) is 11.8 Å². The van der Waals surface area contributed by atoms with E-state index in [9.17, 15) is 4.79 Å². The van der Waals surface area contributed by atoms with E-state index in [0.717, 1.165) is 17.8 Å². The summed E-state index contributed by atoms with van der Waals surface area (Å²) in [6.07, 6.45) is 8.35. The summed E-state index contributed by atoms with van der Waals surface area (Å²) in [4.78, 5) is 13.0. The Kier molecular flexibility index (Phi) is 5.38. The molecule has 4 aliphatic carbocycles. The minimum Gasteiger partial charge on any atom is -0.416 e. The largest absolute Gasteiger partial charge is 0.416 e. The third kappa shape index (κ3) is 4.16. The quantitative estimate of drug-likeness (QED) is 0.634. The Morgan fingerprint density at radius 1 is 1.10 bits per heavy atom. The van der Waals surface area contributed by atoms with Crippen molar-refractivity contribution in [1.82, 2.24) is 15.5 Å². The predicted molar refractivity (Wildman–Crippen MR) is 117 cm³/mol. The van der Waals surface area contributed by atoms with E-state index >= 15 is 0 Å². The predicted octanol–water partition coefficient (Wildman–Crippen LogP) is 4.98. The number of aromatic nitrogens is 2. The van der Waals surface area contributed by atoms with E-state index in [1.165, 1.54) is 55.9 Å². The Labute approximate surface area is 182 Å². The molecular weight excluding hydrogens is 394 g/mol. The summed E-state index contributed by atoms with van der Waals surface area (Å²) in [7, 11) is 0. The van der Waals surface area contributed by atoms with Gasteiger partial charge in [-0.2, -0.15) is 0 Å². The van der Waals surface area contributed by atoms with Gasteiger partial charge in [-0.15, -0.1) is 10.2 Å². The molecule has 6 heteroatoms. The van der Waals surface area contributed by atoms with Crippen LogP contribution < -0.4 is 5.32 Å². The number of amides is 1. The zero-order chi connectivity index (χ0) is 20.7. The Bertz CT molecular complexity index is 862. The molecule has 5 nitrogen and oxygen atoms in total. The number of benzene rings is 1. The van der Waals surface area contributed by atoms with Crippen molar-refractivity contribution in [3.63, 3.8) is 0 Å². The number of nitrogens with one attached hydrogen (secondary N) is 1. The van der Waals surface area contributed by atoms with E-state index in [1.807, 2.05) is 25.1 Å². The smallest absolute Gasteiger partial charge is 0.277 e. The van der Waals surface area contributed by atoms with Crippen LogP contribution in [0.2, 0.25) is 0 Å². The summed E-state index contributed by atoms with van der Waals surface area (Å²) < 4.78 is 5.85. The summed E-state index contributed by atoms with van der Waals surface area (Å²) in [5.74, 6) is 3.52. The maximum atomic E-state index is 13.0. The standard InChI is InChI=1S/C24H31N3O2S/c1-15(20-6-4-3-5-7-20)8-21-26-27-23(29-21)30-16(2)22(28)25-24-12-17-9-18(13-24)11-19(10-17)14-24/h3-7,15-19H,8-14H2,1-2H3,(H,25,28). The van der Waals surface area contributed by atoms with E-state index < -0.39 is 0 Å². The first-order valence-corrected chi connectivity index (χ1v) is 12.2. The van der Waals surface area contributed by atoms with Gasteiger partial charge in [0.1, 0.15) is 0 Å². The first-order valence-electron chi connectivity index (χ1n) is 11.3. The molecule has 2 atom stereocenters. The lowest BCUT2D eigenvalue weighted by Crippen LogP contribution is -2.60. The number of hydrogen-bond donors (Lipinski definition) is 1. The van der Waals surface area contributed by atoms with Gasteiger partial charge in [-0.25, -0.2) is 0 Å². The Hall–Kier alpha value is -1.82. The van der Waals surface area contributed by atoms with Gasteiger partial charge in [-0.3, -0.25) is 4.79 Å². The number of thioether (sulfide) groups is 1. The summed E-state index contributed by atoms with van der Waals surface area (Å²) in [6, 6.07) is 10.4. The number of hydrogen-bond acceptors (Lipinski definition) is 5. The molecule has 1 amide bonds. The maximum absolute atomic E-state index is 13.0. The first kappa shape index (κ1) is 20.1. The highest BCUT2D eigenvalue weighted by molar-refractivity contribution is 8.00. The fourth-order valence-electron chi connectivity index (χ4n) is 6.36. The van der Waals surface area contributed by atoms with Gasteiger partial charge in [0.15, 0.2) is 0 Å². The lowest BCUT2D eigenvalue weighted by molar-refractivity contribution is -0.126. The van der Waals surface area contributed by atoms with E-state index in [2.05, 4.69) is 34.6 Å². The normalized spacial score (nSPS) is 31.5. The Morgan fingerprint density at radius 3 is 2.37 bits per heavy atom. The van der Waals surface area contributed by atoms with Gasteiger partial charge >= 0.3 is 0 Å². The molecule has 4 saturated carbocycles. The monoisotopic (exact) mass is 425 g/mol. The van der Waals surface area contributed by atoms with Crippen LogP contribution in [0.5, 0.6) is 0 Å². The first-order chi connectivity index (χ1) is 14.5. The molecule has 4 fully saturated rings. The lowest BCUT2D eigenvalue weighted by Gasteiger charge is -2.57. The number of carbonyl (C=O) groups excluding carboxylic acids is 1. The second kappa shape index (κ2) is 8.03. The third-order valence-corrected chi connectivity index (χ3v) is 8.31. The molecule has 2 unspecified atom stereocenters. The van der Waals surface area contributed by atoms with Crippen molar-refractivity contribution in [2.24, 2.45) is 17.8 Å².